The average Bonchev–Trinajstić information content (AvgIpc) is 2.87. The molecule has 0 radical (unpaired) electrons. The second kappa shape index (κ2) is 8.27. The Morgan fingerprint density at radius 1 is 1.23 bits per heavy atom. The number of nitrogens with one attached hydrogen (secondary N) is 1. The molecule has 0 aliphatic rings. The Hall–Kier alpha value is -2.47. The van der Waals surface area contributed by atoms with E-state index >= 15 is 0 Å². The third-order valence-electron chi connectivity index (χ3n) is 3.99. The van der Waals surface area contributed by atoms with Crippen LogP contribution in [0.25, 0.3) is 0 Å². The Morgan fingerprint density at radius 2 is 1.92 bits per heavy atom. The van der Waals surface area contributed by atoms with Gasteiger partial charge < -0.3 is 19.4 Å². The highest BCUT2D eigenvalue weighted by Gasteiger charge is 2.19. The number of aryl methyl sites for hydroxylation is 1. The fourth-order valence-corrected chi connectivity index (χ4v) is 3.19. The highest BCUT2D eigenvalue weighted by Crippen LogP contribution is 2.27. The van der Waals surface area contributed by atoms with Gasteiger partial charge in [0.05, 0.1) is 17.7 Å². The van der Waals surface area contributed by atoms with Crippen molar-refractivity contribution in [3.05, 3.63) is 46.2 Å². The van der Waals surface area contributed by atoms with Gasteiger partial charge in [-0.2, -0.15) is 0 Å². The van der Waals surface area contributed by atoms with Crippen molar-refractivity contribution in [1.82, 2.24) is 4.57 Å². The van der Waals surface area contributed by atoms with Crippen molar-refractivity contribution >= 4 is 29.2 Å². The molecule has 0 atom stereocenters. The fourth-order valence-electron chi connectivity index (χ4n) is 2.93. The van der Waals surface area contributed by atoms with E-state index in [2.05, 4.69) is 9.88 Å². The van der Waals surface area contributed by atoms with Crippen molar-refractivity contribution in [2.45, 2.75) is 33.7 Å². The van der Waals surface area contributed by atoms with Crippen LogP contribution in [0.15, 0.2) is 24.3 Å². The molecule has 0 aliphatic carbocycles. The van der Waals surface area contributed by atoms with Gasteiger partial charge in [-0.25, -0.2) is 4.79 Å². The van der Waals surface area contributed by atoms with Crippen molar-refractivity contribution in [2.75, 3.05) is 19.0 Å². The van der Waals surface area contributed by atoms with Gasteiger partial charge >= 0.3 is 5.97 Å². The number of carbonyl (C=O) groups excluding carboxylic acids is 2. The molecule has 140 valence electrons. The standard InChI is InChI=1S/C19H23ClN2O4/c1-11(2)22-12(3)8-15(13(22)4)19(24)26-10-18(23)21-14-6-7-17(25-5)16(20)9-14/h6-9,11H,10H2,1-5H3,(H,21,23). The SMILES string of the molecule is COc1ccc(NC(=O)COC(=O)c2cc(C)n(C(C)C)c2C)cc1Cl. The van der Waals surface area contributed by atoms with Crippen molar-refractivity contribution in [1.29, 1.82) is 0 Å². The van der Waals surface area contributed by atoms with E-state index in [-0.39, 0.29) is 12.6 Å². The van der Waals surface area contributed by atoms with Gasteiger partial charge in [-0.1, -0.05) is 11.6 Å². The topological polar surface area (TPSA) is 69.6 Å². The Kier molecular flexibility index (Phi) is 6.32. The molecule has 2 aromatic rings. The van der Waals surface area contributed by atoms with Crippen molar-refractivity contribution in [3.8, 4) is 5.75 Å². The average molecular weight is 379 g/mol. The van der Waals surface area contributed by atoms with E-state index in [1.165, 1.54) is 7.11 Å². The van der Waals surface area contributed by atoms with Crippen LogP contribution in [-0.2, 0) is 9.53 Å². The first kappa shape index (κ1) is 19.8. The molecule has 0 saturated heterocycles. The number of aromatic nitrogens is 1. The van der Waals surface area contributed by atoms with Crippen LogP contribution in [0.1, 0.15) is 41.6 Å². The Labute approximate surface area is 158 Å². The van der Waals surface area contributed by atoms with Gasteiger partial charge in [0.2, 0.25) is 0 Å². The van der Waals surface area contributed by atoms with Gasteiger partial charge in [0, 0.05) is 23.1 Å². The molecule has 1 heterocycles. The molecular formula is C19H23ClN2O4. The lowest BCUT2D eigenvalue weighted by Crippen LogP contribution is -2.21. The van der Waals surface area contributed by atoms with Gasteiger partial charge in [0.25, 0.3) is 5.91 Å². The first-order valence-corrected chi connectivity index (χ1v) is 8.61. The van der Waals surface area contributed by atoms with Crippen LogP contribution in [0.5, 0.6) is 5.75 Å². The smallest absolute Gasteiger partial charge is 0.340 e. The molecule has 26 heavy (non-hydrogen) atoms. The lowest BCUT2D eigenvalue weighted by Gasteiger charge is -2.13. The maximum absolute atomic E-state index is 12.3. The number of esters is 1. The second-order valence-electron chi connectivity index (χ2n) is 6.22. The Bertz CT molecular complexity index is 827. The van der Waals surface area contributed by atoms with Crippen LogP contribution in [-0.4, -0.2) is 30.2 Å². The minimum Gasteiger partial charge on any atom is -0.495 e. The number of hydrogen-bond acceptors (Lipinski definition) is 4. The molecule has 0 saturated carbocycles. The zero-order valence-corrected chi connectivity index (χ0v) is 16.3. The summed E-state index contributed by atoms with van der Waals surface area (Å²) in [6.45, 7) is 7.51. The molecule has 1 N–H and O–H groups in total. The maximum Gasteiger partial charge on any atom is 0.340 e. The molecule has 0 fully saturated rings. The number of ether oxygens (including phenoxy) is 2. The van der Waals surface area contributed by atoms with E-state index < -0.39 is 11.9 Å². The Balaban J connectivity index is 1.98. The first-order valence-electron chi connectivity index (χ1n) is 8.23. The third-order valence-corrected chi connectivity index (χ3v) is 4.29. The van der Waals surface area contributed by atoms with Crippen molar-refractivity contribution in [2.24, 2.45) is 0 Å². The minimum absolute atomic E-state index is 0.236. The molecule has 0 aliphatic heterocycles. The van der Waals surface area contributed by atoms with Crippen LogP contribution in [0.2, 0.25) is 5.02 Å². The lowest BCUT2D eigenvalue weighted by atomic mass is 10.2. The van der Waals surface area contributed by atoms with E-state index in [0.29, 0.717) is 22.0 Å². The Morgan fingerprint density at radius 3 is 2.46 bits per heavy atom. The summed E-state index contributed by atoms with van der Waals surface area (Å²) in [4.78, 5) is 24.3. The lowest BCUT2D eigenvalue weighted by molar-refractivity contribution is -0.119. The summed E-state index contributed by atoms with van der Waals surface area (Å²) in [6, 6.07) is 6.88. The van der Waals surface area contributed by atoms with Gasteiger partial charge in [-0.3, -0.25) is 4.79 Å². The highest BCUT2D eigenvalue weighted by molar-refractivity contribution is 6.32. The monoisotopic (exact) mass is 378 g/mol. The summed E-state index contributed by atoms with van der Waals surface area (Å²) in [5.41, 5.74) is 2.76. The molecule has 7 heteroatoms. The van der Waals surface area contributed by atoms with E-state index in [9.17, 15) is 9.59 Å². The van der Waals surface area contributed by atoms with Gasteiger partial charge in [-0.15, -0.1) is 0 Å². The molecule has 1 aromatic heterocycles. The summed E-state index contributed by atoms with van der Waals surface area (Å²) in [7, 11) is 1.51. The summed E-state index contributed by atoms with van der Waals surface area (Å²) < 4.78 is 12.3. The van der Waals surface area contributed by atoms with Gasteiger partial charge in [0.1, 0.15) is 5.75 Å². The molecule has 1 amide bonds. The first-order chi connectivity index (χ1) is 12.2. The summed E-state index contributed by atoms with van der Waals surface area (Å²) in [5.74, 6) is -0.457. The predicted octanol–water partition coefficient (Wildman–Crippen LogP) is 4.14. The van der Waals surface area contributed by atoms with Gasteiger partial charge in [0.15, 0.2) is 6.61 Å². The normalized spacial score (nSPS) is 10.7. The second-order valence-corrected chi connectivity index (χ2v) is 6.63. The zero-order valence-electron chi connectivity index (χ0n) is 15.6. The largest absolute Gasteiger partial charge is 0.495 e. The number of anilines is 1. The highest BCUT2D eigenvalue weighted by atomic mass is 35.5. The summed E-state index contributed by atoms with van der Waals surface area (Å²) in [5, 5.41) is 3.01. The predicted molar refractivity (Wildman–Crippen MR) is 101 cm³/mol. The zero-order chi connectivity index (χ0) is 19.4. The van der Waals surface area contributed by atoms with Crippen LogP contribution in [0, 0.1) is 13.8 Å². The number of halogens is 1. The fraction of sp³-hybridized carbons (Fsp3) is 0.368. The van der Waals surface area contributed by atoms with Crippen molar-refractivity contribution in [3.63, 3.8) is 0 Å². The number of hydrogen-bond donors (Lipinski definition) is 1. The molecule has 1 aromatic carbocycles. The van der Waals surface area contributed by atoms with E-state index in [1.54, 1.807) is 24.3 Å². The van der Waals surface area contributed by atoms with Crippen LogP contribution in [0.3, 0.4) is 0 Å². The molecule has 6 nitrogen and oxygen atoms in total. The van der Waals surface area contributed by atoms with Crippen LogP contribution >= 0.6 is 11.6 Å². The molecule has 0 spiro atoms. The molecule has 2 rings (SSSR count). The summed E-state index contributed by atoms with van der Waals surface area (Å²) in [6.07, 6.45) is 0. The number of benzene rings is 1. The number of carbonyl (C=O) groups is 2. The van der Waals surface area contributed by atoms with Gasteiger partial charge in [-0.05, 0) is 52.0 Å². The molecular weight excluding hydrogens is 356 g/mol. The molecule has 0 bridgehead atoms. The van der Waals surface area contributed by atoms with Crippen molar-refractivity contribution < 1.29 is 19.1 Å². The van der Waals surface area contributed by atoms with Crippen LogP contribution in [0.4, 0.5) is 5.69 Å². The minimum atomic E-state index is -0.520. The number of rotatable bonds is 6. The van der Waals surface area contributed by atoms with E-state index in [1.807, 2.05) is 27.7 Å². The maximum atomic E-state index is 12.3. The number of methoxy groups -OCH3 is 1. The third kappa shape index (κ3) is 4.38. The van der Waals surface area contributed by atoms with E-state index in [0.717, 1.165) is 11.4 Å². The van der Waals surface area contributed by atoms with E-state index in [4.69, 9.17) is 21.1 Å². The number of amides is 1. The quantitative estimate of drug-likeness (QED) is 0.767. The number of nitrogens with zero attached hydrogens (tertiary/aromatic N) is 1. The summed E-state index contributed by atoms with van der Waals surface area (Å²) >= 11 is 6.02. The molecule has 0 unspecified atom stereocenters. The van der Waals surface area contributed by atoms with Crippen LogP contribution < -0.4 is 10.1 Å².